The number of benzene rings is 1. The Kier molecular flexibility index (Phi) is 7.44. The molecule has 0 fully saturated rings. The summed E-state index contributed by atoms with van der Waals surface area (Å²) in [4.78, 5) is 11.5. The zero-order valence-electron chi connectivity index (χ0n) is 12.4. The quantitative estimate of drug-likeness (QED) is 0.631. The van der Waals surface area contributed by atoms with Gasteiger partial charge in [0, 0.05) is 36.0 Å². The summed E-state index contributed by atoms with van der Waals surface area (Å²) in [7, 11) is 5.82. The number of rotatable bonds is 5. The first-order chi connectivity index (χ1) is 8.95. The first kappa shape index (κ1) is 17.1. The lowest BCUT2D eigenvalue weighted by atomic mass is 10.0. The van der Waals surface area contributed by atoms with E-state index in [0.717, 1.165) is 23.4 Å². The summed E-state index contributed by atoms with van der Waals surface area (Å²) in [6, 6.07) is 4.78. The molecule has 1 rings (SSSR count). The molecule has 0 aliphatic rings. The molecule has 1 aromatic carbocycles. The fourth-order valence-corrected chi connectivity index (χ4v) is 1.68. The molecular weight excluding hydrogens is 242 g/mol. The highest BCUT2D eigenvalue weighted by molar-refractivity contribution is 5.77. The summed E-state index contributed by atoms with van der Waals surface area (Å²) in [5.41, 5.74) is 2.72. The van der Waals surface area contributed by atoms with E-state index in [1.807, 2.05) is 27.9 Å². The molecule has 1 aromatic rings. The number of quaternary nitrogens is 1. The number of nitro groups is 1. The average Bonchev–Trinajstić information content (AvgIpc) is 2.39. The molecule has 0 unspecified atom stereocenters. The normalized spacial score (nSPS) is 9.58. The molecule has 0 saturated heterocycles. The van der Waals surface area contributed by atoms with Crippen LogP contribution in [0.5, 0.6) is 0 Å². The van der Waals surface area contributed by atoms with Crippen molar-refractivity contribution in [3.05, 3.63) is 40.5 Å². The number of nitrogens with one attached hydrogen (secondary N) is 2. The fraction of sp³-hybridized carbons (Fsp3) is 0.429. The van der Waals surface area contributed by atoms with Crippen LogP contribution in [0.4, 0.5) is 11.4 Å². The summed E-state index contributed by atoms with van der Waals surface area (Å²) in [6.45, 7) is 8.82. The molecule has 0 saturated carbocycles. The monoisotopic (exact) mass is 266 g/mol. The molecule has 5 nitrogen and oxygen atoms in total. The van der Waals surface area contributed by atoms with Crippen LogP contribution in [-0.2, 0) is 0 Å². The maximum absolute atomic E-state index is 10.7. The number of hydrogen-bond donors (Lipinski definition) is 2. The molecule has 19 heavy (non-hydrogen) atoms. The van der Waals surface area contributed by atoms with Crippen molar-refractivity contribution >= 4 is 16.9 Å². The molecule has 0 aromatic heterocycles. The van der Waals surface area contributed by atoms with Gasteiger partial charge in [0.15, 0.2) is 0 Å². The van der Waals surface area contributed by atoms with Crippen molar-refractivity contribution in [1.29, 1.82) is 0 Å². The van der Waals surface area contributed by atoms with Crippen molar-refractivity contribution in [2.24, 2.45) is 0 Å². The maximum Gasteiger partial charge on any atom is 0.271 e. The first-order valence-corrected chi connectivity index (χ1v) is 6.39. The SMILES string of the molecule is C=C(C[NH+](C)C)c1ccc([N+](=O)[O-])cc1NC.CC. The van der Waals surface area contributed by atoms with Crippen LogP contribution in [0, 0.1) is 10.1 Å². The van der Waals surface area contributed by atoms with Gasteiger partial charge >= 0.3 is 0 Å². The number of nitro benzene ring substituents is 1. The van der Waals surface area contributed by atoms with Crippen molar-refractivity contribution in [1.82, 2.24) is 0 Å². The second-order valence-corrected chi connectivity index (χ2v) is 4.22. The summed E-state index contributed by atoms with van der Waals surface area (Å²) in [5.74, 6) is 0. The van der Waals surface area contributed by atoms with E-state index in [4.69, 9.17) is 0 Å². The van der Waals surface area contributed by atoms with Crippen LogP contribution in [0.2, 0.25) is 0 Å². The minimum absolute atomic E-state index is 0.0862. The van der Waals surface area contributed by atoms with Gasteiger partial charge < -0.3 is 10.2 Å². The number of nitrogens with zero attached hydrogens (tertiary/aromatic N) is 1. The van der Waals surface area contributed by atoms with Crippen LogP contribution in [0.15, 0.2) is 24.8 Å². The lowest BCUT2D eigenvalue weighted by Crippen LogP contribution is -3.05. The fourth-order valence-electron chi connectivity index (χ4n) is 1.68. The third-order valence-electron chi connectivity index (χ3n) is 2.43. The highest BCUT2D eigenvalue weighted by Gasteiger charge is 2.13. The van der Waals surface area contributed by atoms with Gasteiger partial charge in [-0.3, -0.25) is 10.1 Å². The number of hydrogen-bond acceptors (Lipinski definition) is 3. The van der Waals surface area contributed by atoms with Crippen molar-refractivity contribution in [3.8, 4) is 0 Å². The Bertz CT molecular complexity index is 442. The van der Waals surface area contributed by atoms with E-state index in [2.05, 4.69) is 11.9 Å². The van der Waals surface area contributed by atoms with E-state index in [1.54, 1.807) is 13.1 Å². The lowest BCUT2D eigenvalue weighted by Gasteiger charge is -2.13. The molecule has 0 aliphatic heterocycles. The standard InChI is InChI=1S/C12H17N3O2.C2H6/c1-9(8-14(3)4)11-6-5-10(15(16)17)7-12(11)13-2;1-2/h5-7,13H,1,8H2,2-4H3;1-2H3/p+1. The molecule has 2 N–H and O–H groups in total. The van der Waals surface area contributed by atoms with Crippen LogP contribution in [0.1, 0.15) is 19.4 Å². The molecule has 0 heterocycles. The van der Waals surface area contributed by atoms with Gasteiger partial charge in [-0.1, -0.05) is 20.4 Å². The zero-order chi connectivity index (χ0) is 15.0. The maximum atomic E-state index is 10.7. The van der Waals surface area contributed by atoms with Crippen LogP contribution < -0.4 is 10.2 Å². The van der Waals surface area contributed by atoms with Gasteiger partial charge in [-0.25, -0.2) is 0 Å². The second-order valence-electron chi connectivity index (χ2n) is 4.22. The highest BCUT2D eigenvalue weighted by atomic mass is 16.6. The van der Waals surface area contributed by atoms with Gasteiger partial charge in [-0.2, -0.15) is 0 Å². The summed E-state index contributed by atoms with van der Waals surface area (Å²) < 4.78 is 0. The van der Waals surface area contributed by atoms with E-state index in [-0.39, 0.29) is 5.69 Å². The Balaban J connectivity index is 0.00000154. The van der Waals surface area contributed by atoms with E-state index >= 15 is 0 Å². The van der Waals surface area contributed by atoms with Gasteiger partial charge in [-0.15, -0.1) is 0 Å². The van der Waals surface area contributed by atoms with Crippen molar-refractivity contribution in [2.45, 2.75) is 13.8 Å². The third kappa shape index (κ3) is 5.09. The Morgan fingerprint density at radius 3 is 2.42 bits per heavy atom. The van der Waals surface area contributed by atoms with E-state index in [9.17, 15) is 10.1 Å². The van der Waals surface area contributed by atoms with Crippen LogP contribution in [0.25, 0.3) is 5.57 Å². The van der Waals surface area contributed by atoms with Crippen molar-refractivity contribution < 1.29 is 9.82 Å². The highest BCUT2D eigenvalue weighted by Crippen LogP contribution is 2.26. The minimum Gasteiger partial charge on any atom is -0.387 e. The molecule has 5 heteroatoms. The van der Waals surface area contributed by atoms with Crippen molar-refractivity contribution in [2.75, 3.05) is 33.0 Å². The Morgan fingerprint density at radius 1 is 1.42 bits per heavy atom. The molecule has 0 radical (unpaired) electrons. The van der Waals surface area contributed by atoms with E-state index in [0.29, 0.717) is 0 Å². The Hall–Kier alpha value is -1.88. The van der Waals surface area contributed by atoms with Gasteiger partial charge in [0.25, 0.3) is 5.69 Å². The smallest absolute Gasteiger partial charge is 0.271 e. The molecule has 0 spiro atoms. The molecule has 0 aliphatic carbocycles. The number of likely N-dealkylation sites (N-methyl/N-ethyl adjacent to an activating group) is 1. The molecule has 0 bridgehead atoms. The first-order valence-electron chi connectivity index (χ1n) is 6.39. The van der Waals surface area contributed by atoms with Crippen LogP contribution in [-0.4, -0.2) is 32.6 Å². The van der Waals surface area contributed by atoms with Gasteiger partial charge in [0.05, 0.1) is 19.0 Å². The van der Waals surface area contributed by atoms with E-state index < -0.39 is 4.92 Å². The second kappa shape index (κ2) is 8.26. The molecule has 0 amide bonds. The predicted octanol–water partition coefficient (Wildman–Crippen LogP) is 1.82. The third-order valence-corrected chi connectivity index (χ3v) is 2.43. The Labute approximate surface area is 115 Å². The van der Waals surface area contributed by atoms with E-state index in [1.165, 1.54) is 17.0 Å². The van der Waals surface area contributed by atoms with Gasteiger partial charge in [-0.05, 0) is 6.07 Å². The average molecular weight is 266 g/mol. The van der Waals surface area contributed by atoms with Gasteiger partial charge in [0.2, 0.25) is 0 Å². The summed E-state index contributed by atoms with van der Waals surface area (Å²) in [6.07, 6.45) is 0. The molecule has 106 valence electrons. The molecule has 0 atom stereocenters. The van der Waals surface area contributed by atoms with Crippen LogP contribution >= 0.6 is 0 Å². The minimum atomic E-state index is -0.398. The lowest BCUT2D eigenvalue weighted by molar-refractivity contribution is -0.849. The van der Waals surface area contributed by atoms with Crippen molar-refractivity contribution in [3.63, 3.8) is 0 Å². The molecular formula is C14H24N3O2+. The summed E-state index contributed by atoms with van der Waals surface area (Å²) >= 11 is 0. The van der Waals surface area contributed by atoms with Gasteiger partial charge in [0.1, 0.15) is 6.54 Å². The topological polar surface area (TPSA) is 59.6 Å². The predicted molar refractivity (Wildman–Crippen MR) is 80.7 cm³/mol. The number of anilines is 1. The Morgan fingerprint density at radius 2 is 2.00 bits per heavy atom. The zero-order valence-corrected chi connectivity index (χ0v) is 12.4. The van der Waals surface area contributed by atoms with Crippen LogP contribution in [0.3, 0.4) is 0 Å². The number of non-ortho nitro benzene ring substituents is 1. The largest absolute Gasteiger partial charge is 0.387 e. The summed E-state index contributed by atoms with van der Waals surface area (Å²) in [5, 5.41) is 13.6.